The number of sulfonamides is 1. The minimum atomic E-state index is -3.42. The molecule has 0 spiro atoms. The van der Waals surface area contributed by atoms with Gasteiger partial charge in [-0.2, -0.15) is 0 Å². The van der Waals surface area contributed by atoms with Gasteiger partial charge in [-0.15, -0.1) is 0 Å². The quantitative estimate of drug-likeness (QED) is 0.436. The molecule has 0 aromatic heterocycles. The third kappa shape index (κ3) is 7.25. The van der Waals surface area contributed by atoms with Gasteiger partial charge in [-0.3, -0.25) is 0 Å². The van der Waals surface area contributed by atoms with E-state index < -0.39 is 10.0 Å². The maximum atomic E-state index is 12.4. The van der Waals surface area contributed by atoms with Crippen molar-refractivity contribution in [2.24, 2.45) is 0 Å². The van der Waals surface area contributed by atoms with Gasteiger partial charge in [0.25, 0.3) is 0 Å². The van der Waals surface area contributed by atoms with Crippen molar-refractivity contribution in [3.05, 3.63) is 29.8 Å². The molecule has 0 radical (unpaired) electrons. The van der Waals surface area contributed by atoms with E-state index in [1.54, 1.807) is 12.1 Å². The van der Waals surface area contributed by atoms with Gasteiger partial charge in [-0.05, 0) is 25.5 Å². The standard InChI is InChI=1S/C17H28BrNO2S/c1-3-4-5-6-7-8-9-16(14-18)19-22(20,21)17-12-10-15(2)11-13-17/h10-13,16,19H,3-9,14H2,1-2H3. The molecule has 3 nitrogen and oxygen atoms in total. The second-order valence-corrected chi connectivity index (χ2v) is 8.20. The monoisotopic (exact) mass is 389 g/mol. The van der Waals surface area contributed by atoms with Gasteiger partial charge in [0.15, 0.2) is 0 Å². The predicted octanol–water partition coefficient (Wildman–Crippen LogP) is 4.79. The first-order valence-corrected chi connectivity index (χ1v) is 10.7. The molecule has 22 heavy (non-hydrogen) atoms. The third-order valence-electron chi connectivity index (χ3n) is 3.75. The lowest BCUT2D eigenvalue weighted by atomic mass is 10.1. The first-order valence-electron chi connectivity index (χ1n) is 8.14. The number of rotatable bonds is 11. The lowest BCUT2D eigenvalue weighted by Crippen LogP contribution is -2.36. The molecule has 1 aromatic rings. The fourth-order valence-electron chi connectivity index (χ4n) is 2.34. The molecule has 0 fully saturated rings. The maximum absolute atomic E-state index is 12.4. The maximum Gasteiger partial charge on any atom is 0.240 e. The summed E-state index contributed by atoms with van der Waals surface area (Å²) in [7, 11) is -3.42. The molecule has 0 saturated carbocycles. The topological polar surface area (TPSA) is 46.2 Å². The summed E-state index contributed by atoms with van der Waals surface area (Å²) in [6.45, 7) is 4.16. The van der Waals surface area contributed by atoms with Gasteiger partial charge in [-0.25, -0.2) is 13.1 Å². The van der Waals surface area contributed by atoms with Crippen LogP contribution in [0.5, 0.6) is 0 Å². The van der Waals surface area contributed by atoms with E-state index in [0.717, 1.165) is 18.4 Å². The number of halogens is 1. The van der Waals surface area contributed by atoms with Crippen LogP contribution in [-0.4, -0.2) is 19.8 Å². The van der Waals surface area contributed by atoms with Crippen LogP contribution in [0, 0.1) is 6.92 Å². The van der Waals surface area contributed by atoms with Gasteiger partial charge in [0.05, 0.1) is 4.90 Å². The Bertz CT molecular complexity index is 514. The van der Waals surface area contributed by atoms with Crippen molar-refractivity contribution in [2.45, 2.75) is 69.7 Å². The number of alkyl halides is 1. The minimum Gasteiger partial charge on any atom is -0.207 e. The van der Waals surface area contributed by atoms with E-state index in [9.17, 15) is 8.42 Å². The van der Waals surface area contributed by atoms with E-state index in [1.807, 2.05) is 19.1 Å². The van der Waals surface area contributed by atoms with Crippen molar-refractivity contribution in [2.75, 3.05) is 5.33 Å². The highest BCUT2D eigenvalue weighted by molar-refractivity contribution is 9.09. The zero-order valence-corrected chi connectivity index (χ0v) is 16.0. The van der Waals surface area contributed by atoms with E-state index in [2.05, 4.69) is 27.6 Å². The van der Waals surface area contributed by atoms with Crippen molar-refractivity contribution in [1.29, 1.82) is 0 Å². The molecule has 1 atom stereocenters. The van der Waals surface area contributed by atoms with Gasteiger partial charge in [0.1, 0.15) is 0 Å². The Kier molecular flexibility index (Phi) is 9.29. The van der Waals surface area contributed by atoms with E-state index in [-0.39, 0.29) is 6.04 Å². The van der Waals surface area contributed by atoms with E-state index in [1.165, 1.54) is 32.1 Å². The first kappa shape index (κ1) is 19.7. The molecule has 0 bridgehead atoms. The van der Waals surface area contributed by atoms with Gasteiger partial charge >= 0.3 is 0 Å². The lowest BCUT2D eigenvalue weighted by molar-refractivity contribution is 0.519. The molecule has 0 heterocycles. The van der Waals surface area contributed by atoms with Crippen molar-refractivity contribution < 1.29 is 8.42 Å². The van der Waals surface area contributed by atoms with Crippen LogP contribution < -0.4 is 4.72 Å². The number of benzene rings is 1. The summed E-state index contributed by atoms with van der Waals surface area (Å²) in [5.41, 5.74) is 1.06. The average Bonchev–Trinajstić information content (AvgIpc) is 2.49. The van der Waals surface area contributed by atoms with Crippen molar-refractivity contribution >= 4 is 26.0 Å². The molecule has 1 aromatic carbocycles. The molecule has 5 heteroatoms. The molecule has 1 rings (SSSR count). The summed E-state index contributed by atoms with van der Waals surface area (Å²) in [6.07, 6.45) is 8.19. The molecule has 0 aliphatic rings. The molecule has 1 N–H and O–H groups in total. The van der Waals surface area contributed by atoms with E-state index >= 15 is 0 Å². The Morgan fingerprint density at radius 1 is 1.05 bits per heavy atom. The second-order valence-electron chi connectivity index (χ2n) is 5.84. The normalized spacial score (nSPS) is 13.2. The summed E-state index contributed by atoms with van der Waals surface area (Å²) in [5, 5.41) is 0.646. The number of unbranched alkanes of at least 4 members (excludes halogenated alkanes) is 5. The average molecular weight is 390 g/mol. The Labute approximate surface area is 144 Å². The lowest BCUT2D eigenvalue weighted by Gasteiger charge is -2.16. The van der Waals surface area contributed by atoms with Crippen LogP contribution in [-0.2, 0) is 10.0 Å². The molecule has 0 aliphatic carbocycles. The van der Waals surface area contributed by atoms with Crippen molar-refractivity contribution in [3.8, 4) is 0 Å². The fraction of sp³-hybridized carbons (Fsp3) is 0.647. The van der Waals surface area contributed by atoms with Crippen molar-refractivity contribution in [3.63, 3.8) is 0 Å². The molecule has 0 saturated heterocycles. The number of aryl methyl sites for hydroxylation is 1. The zero-order valence-electron chi connectivity index (χ0n) is 13.6. The molecule has 0 aliphatic heterocycles. The van der Waals surface area contributed by atoms with Crippen LogP contribution in [0.25, 0.3) is 0 Å². The number of hydrogen-bond donors (Lipinski definition) is 1. The molecule has 126 valence electrons. The molecular formula is C17H28BrNO2S. The van der Waals surface area contributed by atoms with E-state index in [4.69, 9.17) is 0 Å². The SMILES string of the molecule is CCCCCCCCC(CBr)NS(=O)(=O)c1ccc(C)cc1. The Hall–Kier alpha value is -0.390. The second kappa shape index (κ2) is 10.4. The Morgan fingerprint density at radius 3 is 2.23 bits per heavy atom. The largest absolute Gasteiger partial charge is 0.240 e. The first-order chi connectivity index (χ1) is 10.5. The highest BCUT2D eigenvalue weighted by atomic mass is 79.9. The van der Waals surface area contributed by atoms with Crippen LogP contribution in [0.4, 0.5) is 0 Å². The summed E-state index contributed by atoms with van der Waals surface area (Å²) >= 11 is 3.42. The smallest absolute Gasteiger partial charge is 0.207 e. The summed E-state index contributed by atoms with van der Waals surface area (Å²) in [5.74, 6) is 0. The number of nitrogens with one attached hydrogen (secondary N) is 1. The van der Waals surface area contributed by atoms with Crippen LogP contribution >= 0.6 is 15.9 Å². The van der Waals surface area contributed by atoms with Crippen molar-refractivity contribution in [1.82, 2.24) is 4.72 Å². The van der Waals surface area contributed by atoms with Crippen LogP contribution in [0.15, 0.2) is 29.2 Å². The van der Waals surface area contributed by atoms with Crippen LogP contribution in [0.3, 0.4) is 0 Å². The minimum absolute atomic E-state index is 0.0440. The predicted molar refractivity (Wildman–Crippen MR) is 97.1 cm³/mol. The Balaban J connectivity index is 2.45. The van der Waals surface area contributed by atoms with Gasteiger partial charge in [0, 0.05) is 11.4 Å². The summed E-state index contributed by atoms with van der Waals surface area (Å²) < 4.78 is 27.5. The molecule has 1 unspecified atom stereocenters. The highest BCUT2D eigenvalue weighted by Crippen LogP contribution is 2.14. The van der Waals surface area contributed by atoms with Crippen LogP contribution in [0.2, 0.25) is 0 Å². The summed E-state index contributed by atoms with van der Waals surface area (Å²) in [4.78, 5) is 0.340. The Morgan fingerprint density at radius 2 is 1.64 bits per heavy atom. The van der Waals surface area contributed by atoms with Gasteiger partial charge in [-0.1, -0.05) is 79.1 Å². The van der Waals surface area contributed by atoms with E-state index in [0.29, 0.717) is 10.2 Å². The van der Waals surface area contributed by atoms with Gasteiger partial charge < -0.3 is 0 Å². The summed E-state index contributed by atoms with van der Waals surface area (Å²) in [6, 6.07) is 6.93. The fourth-order valence-corrected chi connectivity index (χ4v) is 4.31. The third-order valence-corrected chi connectivity index (χ3v) is 6.06. The van der Waals surface area contributed by atoms with Crippen LogP contribution in [0.1, 0.15) is 57.4 Å². The highest BCUT2D eigenvalue weighted by Gasteiger charge is 2.18. The molecule has 0 amide bonds. The number of hydrogen-bond acceptors (Lipinski definition) is 2. The van der Waals surface area contributed by atoms with Gasteiger partial charge in [0.2, 0.25) is 10.0 Å². The molecular weight excluding hydrogens is 362 g/mol. The zero-order chi connectivity index (χ0) is 16.4.